The maximum atomic E-state index is 8.57. The fraction of sp³-hybridized carbons (Fsp3) is 0.364. The average molecular weight is 240 g/mol. The van der Waals surface area contributed by atoms with E-state index in [9.17, 15) is 0 Å². The van der Waals surface area contributed by atoms with Crippen LogP contribution in [0.1, 0.15) is 18.4 Å². The van der Waals surface area contributed by atoms with Crippen LogP contribution in [0.25, 0.3) is 0 Å². The van der Waals surface area contributed by atoms with Crippen LogP contribution in [0.5, 0.6) is 0 Å². The van der Waals surface area contributed by atoms with Crippen molar-refractivity contribution in [2.45, 2.75) is 12.8 Å². The summed E-state index contributed by atoms with van der Waals surface area (Å²) < 4.78 is 0. The number of hydrogen-bond donors (Lipinski definition) is 2. The maximum absolute atomic E-state index is 8.57. The highest BCUT2D eigenvalue weighted by molar-refractivity contribution is 6.33. The second kappa shape index (κ2) is 4.61. The van der Waals surface area contributed by atoms with Gasteiger partial charge in [-0.1, -0.05) is 16.8 Å². The largest absolute Gasteiger partial charge is 0.409 e. The molecule has 86 valence electrons. The summed E-state index contributed by atoms with van der Waals surface area (Å²) in [5.74, 6) is 0.0786. The van der Waals surface area contributed by atoms with E-state index in [4.69, 9.17) is 22.5 Å². The van der Waals surface area contributed by atoms with Gasteiger partial charge in [0.25, 0.3) is 0 Å². The van der Waals surface area contributed by atoms with E-state index in [1.54, 1.807) is 6.07 Å². The molecular weight excluding hydrogens is 226 g/mol. The number of oxime groups is 1. The molecular formula is C11H14ClN3O. The summed E-state index contributed by atoms with van der Waals surface area (Å²) in [6.07, 6.45) is 2.41. The van der Waals surface area contributed by atoms with Crippen molar-refractivity contribution >= 4 is 23.1 Å². The second-order valence-corrected chi connectivity index (χ2v) is 4.25. The van der Waals surface area contributed by atoms with Crippen molar-refractivity contribution in [1.82, 2.24) is 0 Å². The molecule has 1 fully saturated rings. The normalized spacial score (nSPS) is 16.8. The minimum atomic E-state index is 0.0786. The zero-order valence-electron chi connectivity index (χ0n) is 8.86. The first kappa shape index (κ1) is 11.1. The van der Waals surface area contributed by atoms with E-state index >= 15 is 0 Å². The molecule has 5 heteroatoms. The Labute approximate surface area is 99.3 Å². The van der Waals surface area contributed by atoms with Crippen LogP contribution >= 0.6 is 11.6 Å². The molecule has 0 spiro atoms. The molecule has 1 aliphatic rings. The Balaban J connectivity index is 2.29. The van der Waals surface area contributed by atoms with Gasteiger partial charge >= 0.3 is 0 Å². The number of hydrogen-bond acceptors (Lipinski definition) is 3. The average Bonchev–Trinajstić information content (AvgIpc) is 2.81. The predicted octanol–water partition coefficient (Wildman–Crippen LogP) is 2.03. The van der Waals surface area contributed by atoms with Gasteiger partial charge in [0.1, 0.15) is 0 Å². The van der Waals surface area contributed by atoms with Crippen LogP contribution in [0.2, 0.25) is 5.02 Å². The van der Waals surface area contributed by atoms with E-state index in [1.807, 2.05) is 12.1 Å². The van der Waals surface area contributed by atoms with Crippen molar-refractivity contribution in [2.75, 3.05) is 18.0 Å². The van der Waals surface area contributed by atoms with Gasteiger partial charge in [-0.15, -0.1) is 0 Å². The van der Waals surface area contributed by atoms with Crippen LogP contribution in [-0.4, -0.2) is 24.1 Å². The summed E-state index contributed by atoms with van der Waals surface area (Å²) in [5.41, 5.74) is 7.15. The molecule has 0 aliphatic carbocycles. The molecule has 4 nitrogen and oxygen atoms in total. The first-order chi connectivity index (χ1) is 7.72. The lowest BCUT2D eigenvalue weighted by Crippen LogP contribution is -2.19. The number of rotatable bonds is 2. The van der Waals surface area contributed by atoms with Gasteiger partial charge in [-0.2, -0.15) is 0 Å². The quantitative estimate of drug-likeness (QED) is 0.359. The molecule has 0 aromatic heterocycles. The number of nitrogens with two attached hydrogens (primary N) is 1. The lowest BCUT2D eigenvalue weighted by Gasteiger charge is -2.19. The van der Waals surface area contributed by atoms with Crippen LogP contribution < -0.4 is 10.6 Å². The molecule has 1 aromatic carbocycles. The fourth-order valence-electron chi connectivity index (χ4n) is 1.94. The Kier molecular flexibility index (Phi) is 3.19. The molecule has 2 rings (SSSR count). The van der Waals surface area contributed by atoms with E-state index in [0.717, 1.165) is 18.8 Å². The molecule has 0 amide bonds. The SMILES string of the molecule is NC(=NO)c1ccc(N2CCCC2)c(Cl)c1. The fourth-order valence-corrected chi connectivity index (χ4v) is 2.24. The highest BCUT2D eigenvalue weighted by Crippen LogP contribution is 2.29. The van der Waals surface area contributed by atoms with E-state index in [-0.39, 0.29) is 5.84 Å². The Morgan fingerprint density at radius 3 is 2.62 bits per heavy atom. The molecule has 1 aliphatic heterocycles. The molecule has 1 heterocycles. The van der Waals surface area contributed by atoms with E-state index < -0.39 is 0 Å². The highest BCUT2D eigenvalue weighted by Gasteiger charge is 2.15. The van der Waals surface area contributed by atoms with Gasteiger partial charge in [-0.3, -0.25) is 0 Å². The molecule has 0 radical (unpaired) electrons. The third kappa shape index (κ3) is 2.07. The number of benzene rings is 1. The van der Waals surface area contributed by atoms with Gasteiger partial charge in [0, 0.05) is 18.7 Å². The Morgan fingerprint density at radius 2 is 2.06 bits per heavy atom. The van der Waals surface area contributed by atoms with Crippen molar-refractivity contribution in [3.63, 3.8) is 0 Å². The zero-order chi connectivity index (χ0) is 11.5. The lowest BCUT2D eigenvalue weighted by atomic mass is 10.2. The number of amidine groups is 1. The third-order valence-electron chi connectivity index (χ3n) is 2.80. The molecule has 0 saturated carbocycles. The monoisotopic (exact) mass is 239 g/mol. The van der Waals surface area contributed by atoms with Crippen molar-refractivity contribution in [1.29, 1.82) is 0 Å². The molecule has 0 unspecified atom stereocenters. The summed E-state index contributed by atoms with van der Waals surface area (Å²) in [5, 5.41) is 12.2. The Hall–Kier alpha value is -1.42. The zero-order valence-corrected chi connectivity index (χ0v) is 9.61. The lowest BCUT2D eigenvalue weighted by molar-refractivity contribution is 0.318. The van der Waals surface area contributed by atoms with Crippen LogP contribution in [0.15, 0.2) is 23.4 Å². The maximum Gasteiger partial charge on any atom is 0.170 e. The van der Waals surface area contributed by atoms with Crippen LogP contribution in [0.3, 0.4) is 0 Å². The van der Waals surface area contributed by atoms with Gasteiger partial charge in [-0.05, 0) is 31.0 Å². The molecule has 1 saturated heterocycles. The van der Waals surface area contributed by atoms with Crippen LogP contribution in [-0.2, 0) is 0 Å². The smallest absolute Gasteiger partial charge is 0.170 e. The molecule has 3 N–H and O–H groups in total. The molecule has 0 atom stereocenters. The number of halogens is 1. The van der Waals surface area contributed by atoms with Crippen LogP contribution in [0, 0.1) is 0 Å². The molecule has 0 bridgehead atoms. The van der Waals surface area contributed by atoms with Gasteiger partial charge in [0.05, 0.1) is 10.7 Å². The van der Waals surface area contributed by atoms with Gasteiger partial charge in [0.2, 0.25) is 0 Å². The summed E-state index contributed by atoms with van der Waals surface area (Å²) >= 11 is 6.18. The van der Waals surface area contributed by atoms with Crippen molar-refractivity contribution < 1.29 is 5.21 Å². The Morgan fingerprint density at radius 1 is 1.38 bits per heavy atom. The standard InChI is InChI=1S/C11H14ClN3O/c12-9-7-8(11(13)14-16)3-4-10(9)15-5-1-2-6-15/h3-4,7,16H,1-2,5-6H2,(H2,13,14). The van der Waals surface area contributed by atoms with E-state index in [2.05, 4.69) is 10.1 Å². The van der Waals surface area contributed by atoms with E-state index in [0.29, 0.717) is 10.6 Å². The molecule has 16 heavy (non-hydrogen) atoms. The Bertz CT molecular complexity index is 414. The third-order valence-corrected chi connectivity index (χ3v) is 3.10. The number of nitrogens with zero attached hydrogens (tertiary/aromatic N) is 2. The topological polar surface area (TPSA) is 61.9 Å². The van der Waals surface area contributed by atoms with Crippen molar-refractivity contribution in [3.8, 4) is 0 Å². The van der Waals surface area contributed by atoms with Gasteiger partial charge < -0.3 is 15.8 Å². The first-order valence-electron chi connectivity index (χ1n) is 5.25. The van der Waals surface area contributed by atoms with Gasteiger partial charge in [-0.25, -0.2) is 0 Å². The predicted molar refractivity (Wildman–Crippen MR) is 65.4 cm³/mol. The minimum absolute atomic E-state index is 0.0786. The van der Waals surface area contributed by atoms with Gasteiger partial charge in [0.15, 0.2) is 5.84 Å². The molecule has 1 aromatic rings. The van der Waals surface area contributed by atoms with E-state index in [1.165, 1.54) is 12.8 Å². The van der Waals surface area contributed by atoms with Crippen LogP contribution in [0.4, 0.5) is 5.69 Å². The minimum Gasteiger partial charge on any atom is -0.409 e. The summed E-state index contributed by atoms with van der Waals surface area (Å²) in [4.78, 5) is 2.25. The summed E-state index contributed by atoms with van der Waals surface area (Å²) in [6, 6.07) is 5.46. The van der Waals surface area contributed by atoms with Crippen molar-refractivity contribution in [2.24, 2.45) is 10.9 Å². The second-order valence-electron chi connectivity index (χ2n) is 3.85. The summed E-state index contributed by atoms with van der Waals surface area (Å²) in [7, 11) is 0. The summed E-state index contributed by atoms with van der Waals surface area (Å²) in [6.45, 7) is 2.09. The number of anilines is 1. The first-order valence-corrected chi connectivity index (χ1v) is 5.62. The highest BCUT2D eigenvalue weighted by atomic mass is 35.5. The van der Waals surface area contributed by atoms with Crippen molar-refractivity contribution in [3.05, 3.63) is 28.8 Å².